The minimum absolute atomic E-state index is 0.254. The van der Waals surface area contributed by atoms with Gasteiger partial charge in [-0.15, -0.1) is 0 Å². The topological polar surface area (TPSA) is 99.5 Å². The fraction of sp³-hybridized carbons (Fsp3) is 0.182. The summed E-state index contributed by atoms with van der Waals surface area (Å²) >= 11 is 0. The summed E-state index contributed by atoms with van der Waals surface area (Å²) in [6.07, 6.45) is 0. The van der Waals surface area contributed by atoms with Gasteiger partial charge >= 0.3 is 5.97 Å². The van der Waals surface area contributed by atoms with Crippen molar-refractivity contribution in [1.29, 1.82) is 0 Å². The quantitative estimate of drug-likeness (QED) is 0.605. The number of amides is 1. The first-order valence-electron chi connectivity index (χ1n) is 9.30. The molecule has 0 aliphatic heterocycles. The number of aromatic nitrogens is 2. The fourth-order valence-electron chi connectivity index (χ4n) is 2.74. The lowest BCUT2D eigenvalue weighted by Gasteiger charge is -2.09. The summed E-state index contributed by atoms with van der Waals surface area (Å²) in [6.45, 7) is 1.76. The third-order valence-corrected chi connectivity index (χ3v) is 4.21. The lowest BCUT2D eigenvalue weighted by molar-refractivity contribution is -0.117. The highest BCUT2D eigenvalue weighted by Crippen LogP contribution is 2.21. The van der Waals surface area contributed by atoms with Gasteiger partial charge in [0, 0.05) is 17.3 Å². The van der Waals surface area contributed by atoms with Gasteiger partial charge in [0.05, 0.1) is 25.0 Å². The Hall–Kier alpha value is -3.94. The van der Waals surface area contributed by atoms with Crippen LogP contribution in [0.1, 0.15) is 17.3 Å². The van der Waals surface area contributed by atoms with Crippen LogP contribution in [0, 0.1) is 0 Å². The molecule has 2 aromatic carbocycles. The second kappa shape index (κ2) is 9.51. The Morgan fingerprint density at radius 2 is 1.83 bits per heavy atom. The largest absolute Gasteiger partial charge is 0.497 e. The van der Waals surface area contributed by atoms with E-state index >= 15 is 0 Å². The molecule has 3 rings (SSSR count). The molecule has 0 aliphatic rings. The number of anilines is 1. The lowest BCUT2D eigenvalue weighted by atomic mass is 10.1. The molecular formula is C22H21N3O5. The monoisotopic (exact) mass is 407 g/mol. The Labute approximate surface area is 173 Å². The van der Waals surface area contributed by atoms with E-state index in [2.05, 4.69) is 10.4 Å². The second-order valence-electron chi connectivity index (χ2n) is 6.29. The van der Waals surface area contributed by atoms with Crippen molar-refractivity contribution in [3.05, 3.63) is 76.6 Å². The van der Waals surface area contributed by atoms with Crippen LogP contribution in [0.3, 0.4) is 0 Å². The van der Waals surface area contributed by atoms with E-state index in [4.69, 9.17) is 9.47 Å². The molecule has 0 fully saturated rings. The van der Waals surface area contributed by atoms with Gasteiger partial charge in [0.2, 0.25) is 5.91 Å². The van der Waals surface area contributed by atoms with E-state index < -0.39 is 17.4 Å². The molecule has 3 aromatic rings. The smallest absolute Gasteiger partial charge is 0.338 e. The summed E-state index contributed by atoms with van der Waals surface area (Å²) in [7, 11) is 1.57. The number of ether oxygens (including phenoxy) is 2. The van der Waals surface area contributed by atoms with Crippen molar-refractivity contribution in [3.63, 3.8) is 0 Å². The van der Waals surface area contributed by atoms with Gasteiger partial charge in [-0.3, -0.25) is 9.59 Å². The van der Waals surface area contributed by atoms with Crippen molar-refractivity contribution in [1.82, 2.24) is 9.78 Å². The van der Waals surface area contributed by atoms with Crippen molar-refractivity contribution in [2.45, 2.75) is 13.5 Å². The van der Waals surface area contributed by atoms with Gasteiger partial charge in [-0.2, -0.15) is 5.10 Å². The van der Waals surface area contributed by atoms with Gasteiger partial charge < -0.3 is 14.8 Å². The predicted octanol–water partition coefficient (Wildman–Crippen LogP) is 2.73. The zero-order valence-electron chi connectivity index (χ0n) is 16.6. The molecule has 30 heavy (non-hydrogen) atoms. The molecule has 0 atom stereocenters. The second-order valence-corrected chi connectivity index (χ2v) is 6.29. The van der Waals surface area contributed by atoms with Crippen LogP contribution in [-0.4, -0.2) is 35.4 Å². The van der Waals surface area contributed by atoms with Crippen molar-refractivity contribution >= 4 is 17.6 Å². The molecule has 0 radical (unpaired) electrons. The molecule has 8 heteroatoms. The maximum Gasteiger partial charge on any atom is 0.338 e. The lowest BCUT2D eigenvalue weighted by Crippen LogP contribution is -2.29. The Kier molecular flexibility index (Phi) is 6.59. The number of benzene rings is 2. The van der Waals surface area contributed by atoms with Crippen LogP contribution in [0.5, 0.6) is 5.75 Å². The average Bonchev–Trinajstić information content (AvgIpc) is 2.76. The first kappa shape index (κ1) is 20.8. The molecule has 1 aromatic heterocycles. The first-order chi connectivity index (χ1) is 14.5. The molecule has 0 bridgehead atoms. The van der Waals surface area contributed by atoms with Crippen LogP contribution in [0.25, 0.3) is 11.3 Å². The maximum atomic E-state index is 12.4. The minimum Gasteiger partial charge on any atom is -0.497 e. The first-order valence-corrected chi connectivity index (χ1v) is 9.30. The van der Waals surface area contributed by atoms with E-state index in [1.165, 1.54) is 6.07 Å². The summed E-state index contributed by atoms with van der Waals surface area (Å²) < 4.78 is 11.2. The highest BCUT2D eigenvalue weighted by molar-refractivity contribution is 5.93. The van der Waals surface area contributed by atoms with Gasteiger partial charge in [0.25, 0.3) is 5.56 Å². The summed E-state index contributed by atoms with van der Waals surface area (Å²) in [6, 6.07) is 16.5. The van der Waals surface area contributed by atoms with Crippen molar-refractivity contribution < 1.29 is 19.1 Å². The molecule has 1 heterocycles. The number of hydrogen-bond acceptors (Lipinski definition) is 6. The van der Waals surface area contributed by atoms with E-state index in [9.17, 15) is 14.4 Å². The molecule has 8 nitrogen and oxygen atoms in total. The molecule has 1 N–H and O–H groups in total. The number of nitrogens with one attached hydrogen (secondary N) is 1. The van der Waals surface area contributed by atoms with Crippen LogP contribution >= 0.6 is 0 Å². The van der Waals surface area contributed by atoms with Crippen LogP contribution in [0.2, 0.25) is 0 Å². The van der Waals surface area contributed by atoms with E-state index in [1.807, 2.05) is 12.1 Å². The number of nitrogens with zero attached hydrogens (tertiary/aromatic N) is 2. The van der Waals surface area contributed by atoms with Crippen molar-refractivity contribution in [2.75, 3.05) is 19.0 Å². The van der Waals surface area contributed by atoms with Crippen molar-refractivity contribution in [3.8, 4) is 17.0 Å². The molecule has 154 valence electrons. The van der Waals surface area contributed by atoms with Crippen LogP contribution in [0.15, 0.2) is 65.5 Å². The molecule has 0 spiro atoms. The molecule has 0 unspecified atom stereocenters. The molecule has 1 amide bonds. The van der Waals surface area contributed by atoms with Crippen LogP contribution in [-0.2, 0) is 16.1 Å². The zero-order chi connectivity index (χ0) is 21.5. The average molecular weight is 407 g/mol. The summed E-state index contributed by atoms with van der Waals surface area (Å²) in [5, 5.41) is 6.97. The Balaban J connectivity index is 1.72. The molecule has 0 saturated heterocycles. The van der Waals surface area contributed by atoms with Gasteiger partial charge in [-0.05, 0) is 49.4 Å². The number of carbonyl (C=O) groups excluding carboxylic acids is 2. The highest BCUT2D eigenvalue weighted by Gasteiger charge is 2.10. The van der Waals surface area contributed by atoms with E-state index in [0.29, 0.717) is 22.7 Å². The Morgan fingerprint density at radius 1 is 1.07 bits per heavy atom. The molecular weight excluding hydrogens is 386 g/mol. The number of rotatable bonds is 7. The number of hydrogen-bond donors (Lipinski definition) is 1. The normalized spacial score (nSPS) is 10.3. The van der Waals surface area contributed by atoms with E-state index in [-0.39, 0.29) is 13.2 Å². The SMILES string of the molecule is CCOC(=O)c1ccc(NC(=O)Cn2nc(-c3cccc(OC)c3)ccc2=O)cc1. The van der Waals surface area contributed by atoms with Crippen LogP contribution in [0.4, 0.5) is 5.69 Å². The minimum atomic E-state index is -0.430. The number of methoxy groups -OCH3 is 1. The third-order valence-electron chi connectivity index (χ3n) is 4.21. The van der Waals surface area contributed by atoms with Gasteiger partial charge in [0.15, 0.2) is 0 Å². The Morgan fingerprint density at radius 3 is 2.53 bits per heavy atom. The Bertz CT molecular complexity index is 1110. The third kappa shape index (κ3) is 5.11. The van der Waals surface area contributed by atoms with E-state index in [1.54, 1.807) is 56.5 Å². The molecule has 0 aliphatic carbocycles. The van der Waals surface area contributed by atoms with Crippen LogP contribution < -0.4 is 15.6 Å². The molecule has 0 saturated carbocycles. The summed E-state index contributed by atoms with van der Waals surface area (Å²) in [4.78, 5) is 36.2. The zero-order valence-corrected chi connectivity index (χ0v) is 16.6. The maximum absolute atomic E-state index is 12.4. The summed E-state index contributed by atoms with van der Waals surface area (Å²) in [5.41, 5.74) is 1.79. The van der Waals surface area contributed by atoms with Gasteiger partial charge in [0.1, 0.15) is 12.3 Å². The fourth-order valence-corrected chi connectivity index (χ4v) is 2.74. The van der Waals surface area contributed by atoms with Gasteiger partial charge in [-0.25, -0.2) is 9.48 Å². The summed E-state index contributed by atoms with van der Waals surface area (Å²) in [5.74, 6) is -0.187. The predicted molar refractivity (Wildman–Crippen MR) is 112 cm³/mol. The standard InChI is InChI=1S/C22H21N3O5/c1-3-30-22(28)15-7-9-17(10-8-15)23-20(26)14-25-21(27)12-11-19(24-25)16-5-4-6-18(13-16)29-2/h4-13H,3,14H2,1-2H3,(H,23,26). The number of esters is 1. The highest BCUT2D eigenvalue weighted by atomic mass is 16.5. The van der Waals surface area contributed by atoms with E-state index in [0.717, 1.165) is 10.2 Å². The van der Waals surface area contributed by atoms with Crippen molar-refractivity contribution in [2.24, 2.45) is 0 Å². The van der Waals surface area contributed by atoms with Gasteiger partial charge in [-0.1, -0.05) is 12.1 Å². The number of carbonyl (C=O) groups is 2.